The molecule has 4 aromatic rings. The Morgan fingerprint density at radius 1 is 0.824 bits per heavy atom. The molecule has 168 valence electrons. The van der Waals surface area contributed by atoms with Crippen molar-refractivity contribution in [1.82, 2.24) is 0 Å². The van der Waals surface area contributed by atoms with Crippen molar-refractivity contribution in [3.05, 3.63) is 118 Å². The van der Waals surface area contributed by atoms with Gasteiger partial charge in [-0.2, -0.15) is 0 Å². The van der Waals surface area contributed by atoms with Gasteiger partial charge in [-0.1, -0.05) is 60.7 Å². The number of ether oxygens (including phenoxy) is 2. The van der Waals surface area contributed by atoms with Crippen LogP contribution in [0.5, 0.6) is 23.0 Å². The minimum Gasteiger partial charge on any atom is -0.457 e. The Morgan fingerprint density at radius 2 is 1.50 bits per heavy atom. The van der Waals surface area contributed by atoms with E-state index in [4.69, 9.17) is 9.47 Å². The topological polar surface area (TPSA) is 81.9 Å². The third-order valence-electron chi connectivity index (χ3n) is 5.53. The van der Waals surface area contributed by atoms with E-state index in [1.54, 1.807) is 53.4 Å². The summed E-state index contributed by atoms with van der Waals surface area (Å²) in [5.41, 5.74) is 1.14. The predicted octanol–water partition coefficient (Wildman–Crippen LogP) is 6.38. The van der Waals surface area contributed by atoms with Crippen molar-refractivity contribution in [2.24, 2.45) is 0 Å². The van der Waals surface area contributed by atoms with Gasteiger partial charge >= 0.3 is 0 Å². The third-order valence-corrected chi connectivity index (χ3v) is 5.53. The summed E-state index contributed by atoms with van der Waals surface area (Å²) in [6.07, 6.45) is 0.583. The highest BCUT2D eigenvalue weighted by molar-refractivity contribution is 6.12. The van der Waals surface area contributed by atoms with Crippen molar-refractivity contribution in [3.8, 4) is 23.0 Å². The normalized spacial score (nSPS) is 12.2. The van der Waals surface area contributed by atoms with Crippen LogP contribution in [0.2, 0.25) is 0 Å². The number of nitrogens with zero attached hydrogens (tertiary/aromatic N) is 2. The fourth-order valence-electron chi connectivity index (χ4n) is 3.94. The van der Waals surface area contributed by atoms with Crippen molar-refractivity contribution >= 4 is 17.3 Å². The summed E-state index contributed by atoms with van der Waals surface area (Å²) in [4.78, 5) is 26.7. The van der Waals surface area contributed by atoms with Gasteiger partial charge in [0.15, 0.2) is 17.1 Å². The maximum absolute atomic E-state index is 13.7. The minimum absolute atomic E-state index is 0.0831. The van der Waals surface area contributed by atoms with Gasteiger partial charge in [0, 0.05) is 12.6 Å². The summed E-state index contributed by atoms with van der Waals surface area (Å²) in [7, 11) is 0. The lowest BCUT2D eigenvalue weighted by molar-refractivity contribution is -0.385. The molecule has 34 heavy (non-hydrogen) atoms. The third kappa shape index (κ3) is 4.19. The summed E-state index contributed by atoms with van der Waals surface area (Å²) in [6.45, 7) is 0.335. The monoisotopic (exact) mass is 452 g/mol. The number of anilines is 1. The highest BCUT2D eigenvalue weighted by Gasteiger charge is 2.35. The molecule has 0 saturated carbocycles. The van der Waals surface area contributed by atoms with E-state index in [0.717, 1.165) is 5.56 Å². The Balaban J connectivity index is 1.58. The fourth-order valence-corrected chi connectivity index (χ4v) is 3.94. The average molecular weight is 452 g/mol. The Kier molecular flexibility index (Phi) is 5.66. The van der Waals surface area contributed by atoms with Crippen LogP contribution >= 0.6 is 0 Å². The number of hydrogen-bond acceptors (Lipinski definition) is 5. The highest BCUT2D eigenvalue weighted by Crippen LogP contribution is 2.44. The molecule has 7 nitrogen and oxygen atoms in total. The molecular formula is C27H20N2O5. The number of hydrogen-bond donors (Lipinski definition) is 0. The minimum atomic E-state index is -0.580. The smallest absolute Gasteiger partial charge is 0.289 e. The number of nitro benzene ring substituents is 1. The first-order valence-corrected chi connectivity index (χ1v) is 10.8. The number of carbonyl (C=O) groups excluding carboxylic acids is 1. The van der Waals surface area contributed by atoms with Crippen LogP contribution in [0, 0.1) is 10.1 Å². The van der Waals surface area contributed by atoms with E-state index in [1.165, 1.54) is 12.1 Å². The van der Waals surface area contributed by atoms with Gasteiger partial charge in [0.05, 0.1) is 16.7 Å². The van der Waals surface area contributed by atoms with Crippen molar-refractivity contribution in [2.75, 3.05) is 11.4 Å². The molecule has 0 unspecified atom stereocenters. The molecule has 0 N–H and O–H groups in total. The van der Waals surface area contributed by atoms with Crippen molar-refractivity contribution < 1.29 is 19.2 Å². The average Bonchev–Trinajstić information content (AvgIpc) is 2.97. The maximum Gasteiger partial charge on any atom is 0.289 e. The molecular weight excluding hydrogens is 432 g/mol. The first-order valence-electron chi connectivity index (χ1n) is 10.8. The summed E-state index contributed by atoms with van der Waals surface area (Å²) >= 11 is 0. The van der Waals surface area contributed by atoms with Gasteiger partial charge < -0.3 is 14.4 Å². The van der Waals surface area contributed by atoms with E-state index < -0.39 is 10.8 Å². The lowest BCUT2D eigenvalue weighted by atomic mass is 10.1. The zero-order valence-corrected chi connectivity index (χ0v) is 18.1. The van der Waals surface area contributed by atoms with Crippen LogP contribution < -0.4 is 14.4 Å². The molecule has 0 spiro atoms. The van der Waals surface area contributed by atoms with Crippen LogP contribution in [0.4, 0.5) is 11.4 Å². The largest absolute Gasteiger partial charge is 0.457 e. The molecule has 5 rings (SSSR count). The number of amides is 1. The molecule has 1 aliphatic heterocycles. The van der Waals surface area contributed by atoms with Gasteiger partial charge in [-0.15, -0.1) is 0 Å². The Hall–Kier alpha value is -4.65. The van der Waals surface area contributed by atoms with Gasteiger partial charge in [0.1, 0.15) is 11.5 Å². The van der Waals surface area contributed by atoms with Gasteiger partial charge in [0.25, 0.3) is 11.6 Å². The molecule has 1 aliphatic rings. The maximum atomic E-state index is 13.7. The second-order valence-electron chi connectivity index (χ2n) is 7.75. The number of fused-ring (bicyclic) bond motifs is 2. The lowest BCUT2D eigenvalue weighted by Gasteiger charge is -2.22. The number of carbonyl (C=O) groups is 1. The molecule has 4 aromatic carbocycles. The molecule has 7 heteroatoms. The quantitative estimate of drug-likeness (QED) is 0.250. The number of nitro groups is 1. The van der Waals surface area contributed by atoms with Crippen LogP contribution in [0.1, 0.15) is 15.9 Å². The highest BCUT2D eigenvalue weighted by atomic mass is 16.6. The first-order chi connectivity index (χ1) is 16.6. The number of benzene rings is 4. The molecule has 0 fully saturated rings. The van der Waals surface area contributed by atoms with Gasteiger partial charge in [-0.05, 0) is 36.2 Å². The molecule has 0 aromatic heterocycles. The van der Waals surface area contributed by atoms with E-state index in [9.17, 15) is 14.9 Å². The zero-order chi connectivity index (χ0) is 23.5. The number of para-hydroxylation sites is 3. The molecule has 1 amide bonds. The van der Waals surface area contributed by atoms with Crippen molar-refractivity contribution in [1.29, 1.82) is 0 Å². The second kappa shape index (κ2) is 9.07. The van der Waals surface area contributed by atoms with Gasteiger partial charge in [-0.3, -0.25) is 14.9 Å². The van der Waals surface area contributed by atoms with E-state index >= 15 is 0 Å². The Labute approximate surface area is 195 Å². The summed E-state index contributed by atoms with van der Waals surface area (Å²) in [5.74, 6) is 0.753. The first kappa shape index (κ1) is 21.2. The van der Waals surface area contributed by atoms with Gasteiger partial charge in [-0.25, -0.2) is 0 Å². The summed E-state index contributed by atoms with van der Waals surface area (Å²) < 4.78 is 11.9. The second-order valence-corrected chi connectivity index (χ2v) is 7.75. The fraction of sp³-hybridized carbons (Fsp3) is 0.0741. The molecule has 0 aliphatic carbocycles. The van der Waals surface area contributed by atoms with Gasteiger partial charge in [0.2, 0.25) is 0 Å². The van der Waals surface area contributed by atoms with Crippen molar-refractivity contribution in [3.63, 3.8) is 0 Å². The standard InChI is InChI=1S/C27H20N2O5/c30-27-26-23(29(31)32)17-21(33-20-11-5-2-6-12-20)18-25(26)34-24-14-8-7-13-22(24)28(27)16-15-19-9-3-1-4-10-19/h1-14,17-18H,15-16H2. The molecule has 0 saturated heterocycles. The zero-order valence-electron chi connectivity index (χ0n) is 18.1. The van der Waals surface area contributed by atoms with E-state index in [1.807, 2.05) is 36.4 Å². The molecule has 1 heterocycles. The molecule has 0 radical (unpaired) electrons. The summed E-state index contributed by atoms with van der Waals surface area (Å²) in [6, 6.07) is 28.6. The van der Waals surface area contributed by atoms with Crippen molar-refractivity contribution in [2.45, 2.75) is 6.42 Å². The van der Waals surface area contributed by atoms with Crippen LogP contribution in [-0.2, 0) is 6.42 Å². The van der Waals surface area contributed by atoms with Crippen LogP contribution in [0.15, 0.2) is 97.1 Å². The van der Waals surface area contributed by atoms with E-state index in [0.29, 0.717) is 30.2 Å². The number of rotatable bonds is 6. The Morgan fingerprint density at radius 3 is 2.24 bits per heavy atom. The van der Waals surface area contributed by atoms with E-state index in [2.05, 4.69) is 0 Å². The SMILES string of the molecule is O=C1c2c(cc(Oc3ccccc3)cc2[N+](=O)[O-])Oc2ccccc2N1CCc1ccccc1. The molecule has 0 atom stereocenters. The summed E-state index contributed by atoms with van der Waals surface area (Å²) in [5, 5.41) is 12.0. The Bertz CT molecular complexity index is 1360. The van der Waals surface area contributed by atoms with Crippen LogP contribution in [-0.4, -0.2) is 17.4 Å². The lowest BCUT2D eigenvalue weighted by Crippen LogP contribution is -2.32. The van der Waals surface area contributed by atoms with Crippen LogP contribution in [0.3, 0.4) is 0 Å². The predicted molar refractivity (Wildman–Crippen MR) is 128 cm³/mol. The van der Waals surface area contributed by atoms with E-state index in [-0.39, 0.29) is 22.7 Å². The van der Waals surface area contributed by atoms with Crippen LogP contribution in [0.25, 0.3) is 0 Å². The molecule has 0 bridgehead atoms.